The molecule has 2 amide bonds. The van der Waals surface area contributed by atoms with Gasteiger partial charge in [0.1, 0.15) is 6.04 Å². The van der Waals surface area contributed by atoms with Gasteiger partial charge >= 0.3 is 0 Å². The largest absolute Gasteiger partial charge is 0.352 e. The first-order valence-electron chi connectivity index (χ1n) is 10.6. The van der Waals surface area contributed by atoms with Crippen LogP contribution in [0.5, 0.6) is 0 Å². The molecule has 0 aliphatic heterocycles. The van der Waals surface area contributed by atoms with Crippen molar-refractivity contribution in [2.24, 2.45) is 0 Å². The first-order chi connectivity index (χ1) is 14.9. The SMILES string of the molecule is CC(C(=O)NC1CCCC1)N(Cc1ccc(Cl)cc1)C(=O)CSCc1ccccc1Cl. The fourth-order valence-corrected chi connectivity index (χ4v) is 5.03. The van der Waals surface area contributed by atoms with Gasteiger partial charge in [0.25, 0.3) is 0 Å². The monoisotopic (exact) mass is 478 g/mol. The van der Waals surface area contributed by atoms with E-state index in [0.717, 1.165) is 36.8 Å². The van der Waals surface area contributed by atoms with Crippen molar-refractivity contribution >= 4 is 46.8 Å². The molecule has 0 saturated heterocycles. The van der Waals surface area contributed by atoms with E-state index in [2.05, 4.69) is 5.32 Å². The van der Waals surface area contributed by atoms with Crippen LogP contribution < -0.4 is 5.32 Å². The molecule has 1 saturated carbocycles. The van der Waals surface area contributed by atoms with Crippen LogP contribution in [0.1, 0.15) is 43.7 Å². The molecule has 0 bridgehead atoms. The number of rotatable bonds is 9. The number of carbonyl (C=O) groups is 2. The minimum absolute atomic E-state index is 0.0684. The van der Waals surface area contributed by atoms with Crippen LogP contribution in [-0.4, -0.2) is 34.6 Å². The highest BCUT2D eigenvalue weighted by Gasteiger charge is 2.28. The Morgan fingerprint density at radius 3 is 2.45 bits per heavy atom. The number of hydrogen-bond donors (Lipinski definition) is 1. The Balaban J connectivity index is 1.65. The summed E-state index contributed by atoms with van der Waals surface area (Å²) >= 11 is 13.7. The zero-order chi connectivity index (χ0) is 22.2. The lowest BCUT2D eigenvalue weighted by molar-refractivity contribution is -0.138. The Kier molecular flexibility index (Phi) is 9.12. The van der Waals surface area contributed by atoms with E-state index in [-0.39, 0.29) is 23.6 Å². The molecule has 1 N–H and O–H groups in total. The van der Waals surface area contributed by atoms with Crippen molar-refractivity contribution in [1.82, 2.24) is 10.2 Å². The Hall–Kier alpha value is -1.69. The normalized spacial score (nSPS) is 14.9. The average molecular weight is 479 g/mol. The number of benzene rings is 2. The lowest BCUT2D eigenvalue weighted by atomic mass is 10.1. The van der Waals surface area contributed by atoms with Gasteiger partial charge in [-0.2, -0.15) is 0 Å². The van der Waals surface area contributed by atoms with E-state index in [1.54, 1.807) is 24.0 Å². The molecule has 1 atom stereocenters. The smallest absolute Gasteiger partial charge is 0.242 e. The second-order valence-electron chi connectivity index (χ2n) is 7.90. The van der Waals surface area contributed by atoms with E-state index in [1.807, 2.05) is 36.4 Å². The van der Waals surface area contributed by atoms with E-state index < -0.39 is 6.04 Å². The maximum atomic E-state index is 13.1. The van der Waals surface area contributed by atoms with Gasteiger partial charge in [-0.25, -0.2) is 0 Å². The molecular formula is C24H28Cl2N2O2S. The van der Waals surface area contributed by atoms with Crippen LogP contribution >= 0.6 is 35.0 Å². The highest BCUT2D eigenvalue weighted by atomic mass is 35.5. The number of hydrogen-bond acceptors (Lipinski definition) is 3. The van der Waals surface area contributed by atoms with Gasteiger partial charge in [0, 0.05) is 28.4 Å². The minimum atomic E-state index is -0.551. The molecule has 166 valence electrons. The number of thioether (sulfide) groups is 1. The molecule has 0 heterocycles. The van der Waals surface area contributed by atoms with Gasteiger partial charge in [-0.1, -0.05) is 66.4 Å². The van der Waals surface area contributed by atoms with E-state index in [0.29, 0.717) is 22.3 Å². The summed E-state index contributed by atoms with van der Waals surface area (Å²) < 4.78 is 0. The quantitative estimate of drug-likeness (QED) is 0.502. The fourth-order valence-electron chi connectivity index (χ4n) is 3.71. The summed E-state index contributed by atoms with van der Waals surface area (Å²) in [7, 11) is 0. The molecule has 2 aromatic rings. The Morgan fingerprint density at radius 1 is 1.10 bits per heavy atom. The van der Waals surface area contributed by atoms with E-state index in [9.17, 15) is 9.59 Å². The van der Waals surface area contributed by atoms with Crippen LogP contribution in [0.25, 0.3) is 0 Å². The number of halogens is 2. The van der Waals surface area contributed by atoms with Gasteiger partial charge in [0.2, 0.25) is 11.8 Å². The molecule has 0 spiro atoms. The summed E-state index contributed by atoms with van der Waals surface area (Å²) in [6.45, 7) is 2.17. The highest BCUT2D eigenvalue weighted by Crippen LogP contribution is 2.22. The zero-order valence-corrected chi connectivity index (χ0v) is 20.0. The van der Waals surface area contributed by atoms with Crippen molar-refractivity contribution in [3.05, 3.63) is 69.7 Å². The maximum Gasteiger partial charge on any atom is 0.242 e. The molecular weight excluding hydrogens is 451 g/mol. The molecule has 31 heavy (non-hydrogen) atoms. The van der Waals surface area contributed by atoms with Crippen LogP contribution in [0, 0.1) is 0 Å². The summed E-state index contributed by atoms with van der Waals surface area (Å²) in [6.07, 6.45) is 4.31. The fraction of sp³-hybridized carbons (Fsp3) is 0.417. The second-order valence-corrected chi connectivity index (χ2v) is 9.73. The van der Waals surface area contributed by atoms with Crippen LogP contribution in [0.4, 0.5) is 0 Å². The summed E-state index contributed by atoms with van der Waals surface area (Å²) in [4.78, 5) is 27.7. The third-order valence-corrected chi connectivity index (χ3v) is 7.16. The lowest BCUT2D eigenvalue weighted by Crippen LogP contribution is -2.50. The maximum absolute atomic E-state index is 13.1. The van der Waals surface area contributed by atoms with Gasteiger partial charge in [-0.15, -0.1) is 11.8 Å². The van der Waals surface area contributed by atoms with Crippen LogP contribution in [0.3, 0.4) is 0 Å². The molecule has 0 aromatic heterocycles. The number of nitrogens with one attached hydrogen (secondary N) is 1. The van der Waals surface area contributed by atoms with Gasteiger partial charge in [-0.3, -0.25) is 9.59 Å². The van der Waals surface area contributed by atoms with Gasteiger partial charge in [-0.05, 0) is 49.1 Å². The Bertz CT molecular complexity index is 885. The molecule has 1 unspecified atom stereocenters. The zero-order valence-electron chi connectivity index (χ0n) is 17.7. The van der Waals surface area contributed by atoms with Crippen LogP contribution in [0.15, 0.2) is 48.5 Å². The molecule has 1 fully saturated rings. The Morgan fingerprint density at radius 2 is 1.77 bits per heavy atom. The van der Waals surface area contributed by atoms with Crippen LogP contribution in [-0.2, 0) is 21.9 Å². The third-order valence-electron chi connectivity index (χ3n) is 5.58. The average Bonchev–Trinajstić information content (AvgIpc) is 3.27. The standard InChI is InChI=1S/C24H28Cl2N2O2S/c1-17(24(30)27-21-7-3-4-8-21)28(14-18-10-12-20(25)13-11-18)23(29)16-31-15-19-6-2-5-9-22(19)26/h2,5-6,9-13,17,21H,3-4,7-8,14-16H2,1H3,(H,27,30). The summed E-state index contributed by atoms with van der Waals surface area (Å²) in [5.74, 6) is 0.759. The number of carbonyl (C=O) groups excluding carboxylic acids is 2. The second kappa shape index (κ2) is 11.8. The summed E-state index contributed by atoms with van der Waals surface area (Å²) in [5.41, 5.74) is 1.94. The van der Waals surface area contributed by atoms with E-state index >= 15 is 0 Å². The number of nitrogens with zero attached hydrogens (tertiary/aromatic N) is 1. The minimum Gasteiger partial charge on any atom is -0.352 e. The van der Waals surface area contributed by atoms with Gasteiger partial charge in [0.15, 0.2) is 0 Å². The summed E-state index contributed by atoms with van der Waals surface area (Å²) in [5, 5.41) is 4.46. The van der Waals surface area contributed by atoms with Crippen molar-refractivity contribution < 1.29 is 9.59 Å². The van der Waals surface area contributed by atoms with E-state index in [4.69, 9.17) is 23.2 Å². The highest BCUT2D eigenvalue weighted by molar-refractivity contribution is 7.99. The van der Waals surface area contributed by atoms with Gasteiger partial charge < -0.3 is 10.2 Å². The molecule has 1 aliphatic rings. The molecule has 7 heteroatoms. The van der Waals surface area contributed by atoms with Crippen molar-refractivity contribution in [1.29, 1.82) is 0 Å². The molecule has 1 aliphatic carbocycles. The predicted octanol–water partition coefficient (Wildman–Crippen LogP) is 5.70. The lowest BCUT2D eigenvalue weighted by Gasteiger charge is -2.29. The van der Waals surface area contributed by atoms with Crippen molar-refractivity contribution in [2.45, 2.75) is 57.0 Å². The van der Waals surface area contributed by atoms with Crippen molar-refractivity contribution in [3.63, 3.8) is 0 Å². The first-order valence-corrected chi connectivity index (χ1v) is 12.5. The van der Waals surface area contributed by atoms with Crippen LogP contribution in [0.2, 0.25) is 10.0 Å². The Labute approximate surface area is 198 Å². The summed E-state index contributed by atoms with van der Waals surface area (Å²) in [6, 6.07) is 14.7. The van der Waals surface area contributed by atoms with E-state index in [1.165, 1.54) is 11.8 Å². The molecule has 4 nitrogen and oxygen atoms in total. The third kappa shape index (κ3) is 7.16. The number of amides is 2. The van der Waals surface area contributed by atoms with Gasteiger partial charge in [0.05, 0.1) is 5.75 Å². The first kappa shape index (κ1) is 24.0. The van der Waals surface area contributed by atoms with Crippen molar-refractivity contribution in [2.75, 3.05) is 5.75 Å². The predicted molar refractivity (Wildman–Crippen MR) is 129 cm³/mol. The molecule has 0 radical (unpaired) electrons. The topological polar surface area (TPSA) is 49.4 Å². The van der Waals surface area contributed by atoms with Crippen molar-refractivity contribution in [3.8, 4) is 0 Å². The molecule has 3 rings (SSSR count). The molecule has 2 aromatic carbocycles.